The van der Waals surface area contributed by atoms with Crippen LogP contribution in [0.15, 0.2) is 30.3 Å². The first-order valence-corrected chi connectivity index (χ1v) is 9.53. The smallest absolute Gasteiger partial charge is 0.248 e. The molecule has 0 radical (unpaired) electrons. The van der Waals surface area contributed by atoms with E-state index in [1.165, 1.54) is 11.9 Å². The van der Waals surface area contributed by atoms with E-state index in [9.17, 15) is 18.0 Å². The number of benzene rings is 1. The molecular formula is C16H22N2O5S. The molecule has 1 aromatic carbocycles. The summed E-state index contributed by atoms with van der Waals surface area (Å²) in [6, 6.07) is 9.12. The van der Waals surface area contributed by atoms with Gasteiger partial charge in [0.15, 0.2) is 9.84 Å². The van der Waals surface area contributed by atoms with Crippen molar-refractivity contribution in [2.45, 2.75) is 19.1 Å². The molecule has 1 saturated heterocycles. The predicted molar refractivity (Wildman–Crippen MR) is 88.9 cm³/mol. The van der Waals surface area contributed by atoms with E-state index in [1.54, 1.807) is 0 Å². The topological polar surface area (TPSA) is 92.8 Å². The molecule has 7 nitrogen and oxygen atoms in total. The number of amides is 2. The van der Waals surface area contributed by atoms with E-state index < -0.39 is 9.84 Å². The van der Waals surface area contributed by atoms with E-state index in [4.69, 9.17) is 4.74 Å². The minimum absolute atomic E-state index is 0.0312. The van der Waals surface area contributed by atoms with Gasteiger partial charge in [0.05, 0.1) is 24.7 Å². The van der Waals surface area contributed by atoms with Crippen LogP contribution in [0.25, 0.3) is 0 Å². The molecule has 1 aliphatic heterocycles. The molecule has 1 heterocycles. The van der Waals surface area contributed by atoms with Gasteiger partial charge in [-0.3, -0.25) is 9.59 Å². The maximum Gasteiger partial charge on any atom is 0.248 e. The summed E-state index contributed by atoms with van der Waals surface area (Å²) in [5.74, 6) is -0.604. The monoisotopic (exact) mass is 354 g/mol. The number of hydrogen-bond acceptors (Lipinski definition) is 5. The number of rotatable bonds is 7. The molecule has 0 spiro atoms. The number of hydrogen-bond donors (Lipinski definition) is 1. The molecule has 0 unspecified atom stereocenters. The Morgan fingerprint density at radius 1 is 1.29 bits per heavy atom. The van der Waals surface area contributed by atoms with Gasteiger partial charge in [-0.05, 0) is 12.0 Å². The van der Waals surface area contributed by atoms with Gasteiger partial charge in [0.1, 0.15) is 6.61 Å². The van der Waals surface area contributed by atoms with Crippen molar-refractivity contribution in [3.63, 3.8) is 0 Å². The summed E-state index contributed by atoms with van der Waals surface area (Å²) >= 11 is 0. The van der Waals surface area contributed by atoms with Crippen molar-refractivity contribution in [1.29, 1.82) is 0 Å². The van der Waals surface area contributed by atoms with Crippen molar-refractivity contribution in [3.05, 3.63) is 35.9 Å². The molecule has 1 N–H and O–H groups in total. The molecule has 8 heteroatoms. The molecule has 2 rings (SSSR count). The van der Waals surface area contributed by atoms with Gasteiger partial charge in [-0.15, -0.1) is 0 Å². The zero-order chi connectivity index (χ0) is 17.6. The highest BCUT2D eigenvalue weighted by atomic mass is 32.2. The fourth-order valence-corrected chi connectivity index (χ4v) is 4.10. The van der Waals surface area contributed by atoms with Gasteiger partial charge >= 0.3 is 0 Å². The first-order valence-electron chi connectivity index (χ1n) is 7.71. The zero-order valence-corrected chi connectivity index (χ0v) is 14.4. The van der Waals surface area contributed by atoms with Crippen LogP contribution >= 0.6 is 0 Å². The van der Waals surface area contributed by atoms with Crippen molar-refractivity contribution in [2.75, 3.05) is 31.7 Å². The Morgan fingerprint density at radius 2 is 2.00 bits per heavy atom. The quantitative estimate of drug-likeness (QED) is 0.742. The average molecular weight is 354 g/mol. The second kappa shape index (κ2) is 8.25. The van der Waals surface area contributed by atoms with Gasteiger partial charge in [-0.2, -0.15) is 0 Å². The lowest BCUT2D eigenvalue weighted by Gasteiger charge is -2.18. The van der Waals surface area contributed by atoms with Gasteiger partial charge in [0.2, 0.25) is 11.8 Å². The van der Waals surface area contributed by atoms with Gasteiger partial charge in [0.25, 0.3) is 0 Å². The number of sulfone groups is 1. The van der Waals surface area contributed by atoms with Crippen molar-refractivity contribution in [1.82, 2.24) is 10.2 Å². The molecule has 0 aromatic heterocycles. The van der Waals surface area contributed by atoms with Crippen LogP contribution in [0.1, 0.15) is 12.0 Å². The summed E-state index contributed by atoms with van der Waals surface area (Å²) in [5.41, 5.74) is 0.966. The van der Waals surface area contributed by atoms with E-state index in [2.05, 4.69) is 5.32 Å². The first kappa shape index (κ1) is 18.4. The molecule has 132 valence electrons. The van der Waals surface area contributed by atoms with Crippen LogP contribution in [-0.2, 0) is 30.8 Å². The maximum atomic E-state index is 11.9. The summed E-state index contributed by atoms with van der Waals surface area (Å²) in [7, 11) is -1.53. The van der Waals surface area contributed by atoms with Crippen molar-refractivity contribution >= 4 is 21.7 Å². The van der Waals surface area contributed by atoms with E-state index in [0.717, 1.165) is 5.56 Å². The number of nitrogens with zero attached hydrogens (tertiary/aromatic N) is 1. The maximum absolute atomic E-state index is 11.9. The van der Waals surface area contributed by atoms with Crippen LogP contribution in [0.4, 0.5) is 0 Å². The lowest BCUT2D eigenvalue weighted by atomic mass is 10.2. The molecule has 2 amide bonds. The summed E-state index contributed by atoms with van der Waals surface area (Å²) in [6.07, 6.45) is 0.423. The van der Waals surface area contributed by atoms with Crippen LogP contribution in [0.5, 0.6) is 0 Å². The van der Waals surface area contributed by atoms with E-state index in [0.29, 0.717) is 13.0 Å². The fraction of sp³-hybridized carbons (Fsp3) is 0.500. The van der Waals surface area contributed by atoms with Gasteiger partial charge < -0.3 is 15.0 Å². The highest BCUT2D eigenvalue weighted by Crippen LogP contribution is 2.11. The van der Waals surface area contributed by atoms with Crippen LogP contribution in [0, 0.1) is 0 Å². The molecule has 0 saturated carbocycles. The third-order valence-electron chi connectivity index (χ3n) is 3.74. The van der Waals surface area contributed by atoms with Crippen molar-refractivity contribution < 1.29 is 22.7 Å². The molecule has 1 aromatic rings. The molecule has 24 heavy (non-hydrogen) atoms. The molecule has 0 aliphatic carbocycles. The molecule has 1 atom stereocenters. The third kappa shape index (κ3) is 5.93. The number of ether oxygens (including phenoxy) is 1. The molecule has 1 fully saturated rings. The highest BCUT2D eigenvalue weighted by molar-refractivity contribution is 7.91. The minimum Gasteiger partial charge on any atom is -0.367 e. The van der Waals surface area contributed by atoms with E-state index >= 15 is 0 Å². The standard InChI is InChI=1S/C16H22N2O5S/c1-18(9-15(19)17-14-7-8-24(21,22)12-14)16(20)11-23-10-13-5-3-2-4-6-13/h2-6,14H,7-12H2,1H3,(H,17,19)/t14-/m0/s1. The second-order valence-electron chi connectivity index (χ2n) is 5.90. The minimum atomic E-state index is -3.04. The predicted octanol–water partition coefficient (Wildman–Crippen LogP) is -0.0351. The molecular weight excluding hydrogens is 332 g/mol. The Labute approximate surface area is 141 Å². The highest BCUT2D eigenvalue weighted by Gasteiger charge is 2.29. The third-order valence-corrected chi connectivity index (χ3v) is 5.51. The number of carbonyl (C=O) groups is 2. The SMILES string of the molecule is CN(CC(=O)N[C@H]1CCS(=O)(=O)C1)C(=O)COCc1ccccc1. The van der Waals surface area contributed by atoms with Gasteiger partial charge in [0, 0.05) is 13.1 Å². The lowest BCUT2D eigenvalue weighted by Crippen LogP contribution is -2.44. The number of likely N-dealkylation sites (N-methyl/N-ethyl adjacent to an activating group) is 1. The Morgan fingerprint density at radius 3 is 2.62 bits per heavy atom. The van der Waals surface area contributed by atoms with Gasteiger partial charge in [-0.25, -0.2) is 8.42 Å². The Bertz CT molecular complexity index is 675. The second-order valence-corrected chi connectivity index (χ2v) is 8.12. The summed E-state index contributed by atoms with van der Waals surface area (Å²) in [5, 5.41) is 2.65. The van der Waals surface area contributed by atoms with E-state index in [1.807, 2.05) is 30.3 Å². The Kier molecular flexibility index (Phi) is 6.33. The van der Waals surface area contributed by atoms with Crippen LogP contribution in [0.2, 0.25) is 0 Å². The molecule has 1 aliphatic rings. The lowest BCUT2D eigenvalue weighted by molar-refractivity contribution is -0.139. The van der Waals surface area contributed by atoms with Crippen molar-refractivity contribution in [3.8, 4) is 0 Å². The summed E-state index contributed by atoms with van der Waals surface area (Å²) in [6.45, 7) is 0.0904. The number of carbonyl (C=O) groups excluding carboxylic acids is 2. The van der Waals surface area contributed by atoms with Crippen molar-refractivity contribution in [2.24, 2.45) is 0 Å². The zero-order valence-electron chi connectivity index (χ0n) is 13.6. The summed E-state index contributed by atoms with van der Waals surface area (Å²) in [4.78, 5) is 25.1. The van der Waals surface area contributed by atoms with Crippen LogP contribution in [0.3, 0.4) is 0 Å². The van der Waals surface area contributed by atoms with E-state index in [-0.39, 0.29) is 42.5 Å². The fourth-order valence-electron chi connectivity index (χ4n) is 2.43. The summed E-state index contributed by atoms with van der Waals surface area (Å²) < 4.78 is 28.1. The Hall–Kier alpha value is -1.93. The van der Waals surface area contributed by atoms with Crippen LogP contribution in [-0.4, -0.2) is 62.9 Å². The molecule has 0 bridgehead atoms. The largest absolute Gasteiger partial charge is 0.367 e. The Balaban J connectivity index is 1.68. The van der Waals surface area contributed by atoms with Crippen LogP contribution < -0.4 is 5.32 Å². The first-order chi connectivity index (χ1) is 11.4. The average Bonchev–Trinajstić information content (AvgIpc) is 2.86. The van der Waals surface area contributed by atoms with Gasteiger partial charge in [-0.1, -0.05) is 30.3 Å². The number of nitrogens with one attached hydrogen (secondary N) is 1. The normalized spacial score (nSPS) is 19.0.